The van der Waals surface area contributed by atoms with Crippen LogP contribution in [0.1, 0.15) is 16.8 Å². The third kappa shape index (κ3) is 2.23. The van der Waals surface area contributed by atoms with Gasteiger partial charge in [-0.25, -0.2) is 9.48 Å². The number of allylic oxidation sites excluding steroid dienone is 1. The summed E-state index contributed by atoms with van der Waals surface area (Å²) >= 11 is 0. The van der Waals surface area contributed by atoms with Crippen molar-refractivity contribution in [1.82, 2.24) is 14.8 Å². The molecule has 3 heterocycles. The number of carboxylic acid groups (broad SMARTS) is 1. The Morgan fingerprint density at radius 2 is 2.10 bits per heavy atom. The number of carbonyl (C=O) groups is 1. The van der Waals surface area contributed by atoms with E-state index in [1.165, 1.54) is 0 Å². The van der Waals surface area contributed by atoms with Crippen LogP contribution >= 0.6 is 0 Å². The molecule has 1 aliphatic heterocycles. The van der Waals surface area contributed by atoms with Gasteiger partial charge in [-0.1, -0.05) is 0 Å². The molecule has 0 unspecified atom stereocenters. The fourth-order valence-electron chi connectivity index (χ4n) is 2.07. The zero-order valence-electron chi connectivity index (χ0n) is 10.6. The van der Waals surface area contributed by atoms with Gasteiger partial charge < -0.3 is 5.11 Å². The van der Waals surface area contributed by atoms with Gasteiger partial charge in [0.15, 0.2) is 0 Å². The molecule has 100 valence electrons. The first-order valence-corrected chi connectivity index (χ1v) is 6.18. The van der Waals surface area contributed by atoms with Crippen molar-refractivity contribution >= 4 is 17.9 Å². The van der Waals surface area contributed by atoms with E-state index in [-0.39, 0.29) is 5.56 Å². The third-order valence-electron chi connectivity index (χ3n) is 3.06. The van der Waals surface area contributed by atoms with Crippen LogP contribution in [0, 0.1) is 0 Å². The van der Waals surface area contributed by atoms with Crippen LogP contribution < -0.4 is 0 Å². The van der Waals surface area contributed by atoms with Gasteiger partial charge in [0.1, 0.15) is 11.3 Å². The van der Waals surface area contributed by atoms with Crippen molar-refractivity contribution in [3.63, 3.8) is 0 Å². The van der Waals surface area contributed by atoms with E-state index < -0.39 is 5.97 Å². The average molecular weight is 268 g/mol. The minimum absolute atomic E-state index is 0.180. The molecule has 0 saturated heterocycles. The number of aromatic nitrogens is 3. The number of rotatable bonds is 3. The molecule has 3 rings (SSSR count). The third-order valence-corrected chi connectivity index (χ3v) is 3.06. The van der Waals surface area contributed by atoms with Crippen LogP contribution in [0.15, 0.2) is 41.8 Å². The van der Waals surface area contributed by atoms with Gasteiger partial charge in [-0.3, -0.25) is 9.98 Å². The highest BCUT2D eigenvalue weighted by molar-refractivity contribution is 5.95. The van der Waals surface area contributed by atoms with Crippen LogP contribution in [-0.4, -0.2) is 38.6 Å². The van der Waals surface area contributed by atoms with Gasteiger partial charge in [0.25, 0.3) is 0 Å². The van der Waals surface area contributed by atoms with E-state index in [1.807, 2.05) is 6.08 Å². The van der Waals surface area contributed by atoms with Gasteiger partial charge in [0, 0.05) is 49.0 Å². The summed E-state index contributed by atoms with van der Waals surface area (Å²) in [6.45, 7) is 0.693. The first-order chi connectivity index (χ1) is 9.75. The molecule has 0 aliphatic carbocycles. The molecule has 2 aromatic heterocycles. The molecule has 2 aromatic rings. The van der Waals surface area contributed by atoms with Crippen molar-refractivity contribution in [2.45, 2.75) is 6.42 Å². The van der Waals surface area contributed by atoms with Crippen molar-refractivity contribution in [2.24, 2.45) is 4.99 Å². The molecule has 0 aromatic carbocycles. The molecular weight excluding hydrogens is 256 g/mol. The molecule has 1 aliphatic rings. The number of pyridine rings is 1. The minimum Gasteiger partial charge on any atom is -0.478 e. The Bertz CT molecular complexity index is 701. The molecular formula is C14H12N4O2. The minimum atomic E-state index is -0.992. The lowest BCUT2D eigenvalue weighted by Crippen LogP contribution is -2.03. The summed E-state index contributed by atoms with van der Waals surface area (Å²) in [6, 6.07) is 3.49. The number of dihydropyridines is 1. The second kappa shape index (κ2) is 5.08. The Hall–Kier alpha value is -2.76. The molecule has 0 spiro atoms. The lowest BCUT2D eigenvalue weighted by Gasteiger charge is -2.07. The Morgan fingerprint density at radius 1 is 1.30 bits per heavy atom. The first-order valence-electron chi connectivity index (χ1n) is 6.18. The van der Waals surface area contributed by atoms with E-state index in [1.54, 1.807) is 41.6 Å². The maximum atomic E-state index is 11.4. The van der Waals surface area contributed by atoms with Gasteiger partial charge in [-0.05, 0) is 18.2 Å². The summed E-state index contributed by atoms with van der Waals surface area (Å²) in [6.07, 6.45) is 9.08. The van der Waals surface area contributed by atoms with Crippen LogP contribution in [-0.2, 0) is 0 Å². The fraction of sp³-hybridized carbons (Fsp3) is 0.143. The number of aliphatic imine (C=N–C) groups is 1. The average Bonchev–Trinajstić information content (AvgIpc) is 2.94. The molecule has 0 saturated carbocycles. The number of hydrogen-bond donors (Lipinski definition) is 1. The molecule has 0 bridgehead atoms. The molecule has 0 fully saturated rings. The molecule has 0 radical (unpaired) electrons. The lowest BCUT2D eigenvalue weighted by molar-refractivity contribution is 0.0697. The van der Waals surface area contributed by atoms with Gasteiger partial charge in [0.2, 0.25) is 0 Å². The predicted molar refractivity (Wildman–Crippen MR) is 74.7 cm³/mol. The van der Waals surface area contributed by atoms with Gasteiger partial charge in [-0.2, -0.15) is 5.10 Å². The van der Waals surface area contributed by atoms with E-state index in [0.717, 1.165) is 17.7 Å². The van der Waals surface area contributed by atoms with Crippen molar-refractivity contribution in [3.8, 4) is 11.3 Å². The Morgan fingerprint density at radius 3 is 2.75 bits per heavy atom. The topological polar surface area (TPSA) is 80.4 Å². The molecule has 6 nitrogen and oxygen atoms in total. The smallest absolute Gasteiger partial charge is 0.339 e. The SMILES string of the molecule is O=C(O)c1cn(C2=CC=NCC2)nc1-c1ccncc1. The van der Waals surface area contributed by atoms with Crippen LogP contribution in [0.2, 0.25) is 0 Å². The molecule has 0 amide bonds. The highest BCUT2D eigenvalue weighted by atomic mass is 16.4. The Kier molecular flexibility index (Phi) is 3.12. The summed E-state index contributed by atoms with van der Waals surface area (Å²) in [5.74, 6) is -0.992. The molecule has 1 N–H and O–H groups in total. The van der Waals surface area contributed by atoms with E-state index in [0.29, 0.717) is 12.2 Å². The number of aromatic carboxylic acids is 1. The van der Waals surface area contributed by atoms with E-state index in [2.05, 4.69) is 15.1 Å². The Labute approximate surface area is 115 Å². The predicted octanol–water partition coefficient (Wildman–Crippen LogP) is 1.96. The highest BCUT2D eigenvalue weighted by Gasteiger charge is 2.18. The van der Waals surface area contributed by atoms with Crippen molar-refractivity contribution in [1.29, 1.82) is 0 Å². The summed E-state index contributed by atoms with van der Waals surface area (Å²) in [7, 11) is 0. The summed E-state index contributed by atoms with van der Waals surface area (Å²) < 4.78 is 1.62. The van der Waals surface area contributed by atoms with Gasteiger partial charge >= 0.3 is 5.97 Å². The lowest BCUT2D eigenvalue weighted by atomic mass is 10.1. The maximum absolute atomic E-state index is 11.4. The van der Waals surface area contributed by atoms with E-state index >= 15 is 0 Å². The van der Waals surface area contributed by atoms with E-state index in [4.69, 9.17) is 0 Å². The quantitative estimate of drug-likeness (QED) is 0.922. The van der Waals surface area contributed by atoms with Gasteiger partial charge in [0.05, 0.1) is 0 Å². The summed E-state index contributed by atoms with van der Waals surface area (Å²) in [5.41, 5.74) is 2.30. The van der Waals surface area contributed by atoms with E-state index in [9.17, 15) is 9.90 Å². The number of carboxylic acids is 1. The highest BCUT2D eigenvalue weighted by Crippen LogP contribution is 2.24. The first kappa shape index (κ1) is 12.3. The van der Waals surface area contributed by atoms with Crippen molar-refractivity contribution in [2.75, 3.05) is 6.54 Å². The van der Waals surface area contributed by atoms with Crippen molar-refractivity contribution in [3.05, 3.63) is 42.4 Å². The second-order valence-electron chi connectivity index (χ2n) is 4.34. The molecule has 20 heavy (non-hydrogen) atoms. The fourth-order valence-corrected chi connectivity index (χ4v) is 2.07. The zero-order valence-corrected chi connectivity index (χ0v) is 10.6. The normalized spacial score (nSPS) is 14.1. The van der Waals surface area contributed by atoms with Crippen LogP contribution in [0.25, 0.3) is 17.0 Å². The summed E-state index contributed by atoms with van der Waals surface area (Å²) in [4.78, 5) is 19.4. The maximum Gasteiger partial charge on any atom is 0.339 e. The number of nitrogens with zero attached hydrogens (tertiary/aromatic N) is 4. The van der Waals surface area contributed by atoms with Crippen LogP contribution in [0.5, 0.6) is 0 Å². The molecule has 0 atom stereocenters. The van der Waals surface area contributed by atoms with Crippen LogP contribution in [0.4, 0.5) is 0 Å². The largest absolute Gasteiger partial charge is 0.478 e. The van der Waals surface area contributed by atoms with Crippen molar-refractivity contribution < 1.29 is 9.90 Å². The second-order valence-corrected chi connectivity index (χ2v) is 4.34. The molecule has 6 heteroatoms. The Balaban J connectivity index is 2.10. The number of hydrogen-bond acceptors (Lipinski definition) is 4. The zero-order chi connectivity index (χ0) is 13.9. The monoisotopic (exact) mass is 268 g/mol. The standard InChI is InChI=1S/C14H12N4O2/c19-14(20)12-9-18(11-3-7-16-8-4-11)17-13(12)10-1-5-15-6-2-10/h1-3,5-7,9H,4,8H2,(H,19,20). The summed E-state index contributed by atoms with van der Waals surface area (Å²) in [5, 5.41) is 13.7. The van der Waals surface area contributed by atoms with Gasteiger partial charge in [-0.15, -0.1) is 0 Å². The van der Waals surface area contributed by atoms with Crippen LogP contribution in [0.3, 0.4) is 0 Å².